The smallest absolute Gasteiger partial charge is 0.128 e. The van der Waals surface area contributed by atoms with Crippen molar-refractivity contribution in [3.63, 3.8) is 0 Å². The van der Waals surface area contributed by atoms with Crippen molar-refractivity contribution in [2.75, 3.05) is 18.0 Å². The van der Waals surface area contributed by atoms with Crippen molar-refractivity contribution in [3.05, 3.63) is 29.4 Å². The van der Waals surface area contributed by atoms with Crippen LogP contribution in [0.5, 0.6) is 0 Å². The first kappa shape index (κ1) is 9.59. The SMILES string of the molecule is [2H]c1sc(-c2ccc(N3CCCC3)nc2)nc1C. The van der Waals surface area contributed by atoms with Gasteiger partial charge < -0.3 is 4.90 Å². The molecule has 17 heavy (non-hydrogen) atoms. The third-order valence-electron chi connectivity index (χ3n) is 2.99. The Bertz CT molecular complexity index is 524. The third kappa shape index (κ3) is 2.17. The number of pyridine rings is 1. The Hall–Kier alpha value is -1.42. The van der Waals surface area contributed by atoms with E-state index in [0.29, 0.717) is 5.36 Å². The predicted octanol–water partition coefficient (Wildman–Crippen LogP) is 3.11. The molecule has 88 valence electrons. The summed E-state index contributed by atoms with van der Waals surface area (Å²) in [5.74, 6) is 1.05. The minimum absolute atomic E-state index is 0.536. The van der Waals surface area contributed by atoms with E-state index in [1.807, 2.05) is 13.1 Å². The largest absolute Gasteiger partial charge is 0.357 e. The minimum Gasteiger partial charge on any atom is -0.357 e. The van der Waals surface area contributed by atoms with Crippen molar-refractivity contribution < 1.29 is 1.37 Å². The predicted molar refractivity (Wildman–Crippen MR) is 71.5 cm³/mol. The van der Waals surface area contributed by atoms with Crippen LogP contribution in [0.2, 0.25) is 0 Å². The van der Waals surface area contributed by atoms with Crippen molar-refractivity contribution >= 4 is 17.2 Å². The van der Waals surface area contributed by atoms with E-state index < -0.39 is 0 Å². The molecule has 1 fully saturated rings. The molecule has 0 aliphatic carbocycles. The molecule has 0 aromatic carbocycles. The quantitative estimate of drug-likeness (QED) is 0.815. The molecule has 4 heteroatoms. The molecule has 1 aliphatic heterocycles. The van der Waals surface area contributed by atoms with Crippen LogP contribution in [0.15, 0.2) is 23.7 Å². The van der Waals surface area contributed by atoms with Gasteiger partial charge in [0.1, 0.15) is 10.8 Å². The number of hydrogen-bond donors (Lipinski definition) is 0. The van der Waals surface area contributed by atoms with Gasteiger partial charge in [-0.3, -0.25) is 0 Å². The number of rotatable bonds is 2. The summed E-state index contributed by atoms with van der Waals surface area (Å²) in [5, 5.41) is 1.42. The maximum atomic E-state index is 7.70. The Morgan fingerprint density at radius 1 is 1.35 bits per heavy atom. The standard InChI is InChI=1S/C13H15N3S/c1-10-9-17-13(15-10)11-4-5-12(14-8-11)16-6-2-3-7-16/h4-5,8-9H,2-3,6-7H2,1H3/i9D. The molecule has 2 aromatic heterocycles. The Balaban J connectivity index is 1.86. The van der Waals surface area contributed by atoms with Crippen LogP contribution < -0.4 is 4.90 Å². The van der Waals surface area contributed by atoms with Gasteiger partial charge in [0.05, 0.1) is 1.37 Å². The fourth-order valence-corrected chi connectivity index (χ4v) is 2.80. The van der Waals surface area contributed by atoms with Crippen LogP contribution in [0.3, 0.4) is 0 Å². The van der Waals surface area contributed by atoms with E-state index in [4.69, 9.17) is 1.37 Å². The van der Waals surface area contributed by atoms with Crippen molar-refractivity contribution in [1.82, 2.24) is 9.97 Å². The highest BCUT2D eigenvalue weighted by molar-refractivity contribution is 7.13. The fourth-order valence-electron chi connectivity index (χ4n) is 2.09. The summed E-state index contributed by atoms with van der Waals surface area (Å²) in [7, 11) is 0. The van der Waals surface area contributed by atoms with Gasteiger partial charge in [-0.2, -0.15) is 0 Å². The number of aryl methyl sites for hydroxylation is 1. The number of hydrogen-bond acceptors (Lipinski definition) is 4. The normalized spacial score (nSPS) is 16.3. The Morgan fingerprint density at radius 2 is 2.18 bits per heavy atom. The van der Waals surface area contributed by atoms with Gasteiger partial charge in [-0.25, -0.2) is 9.97 Å². The zero-order valence-corrected chi connectivity index (χ0v) is 10.6. The van der Waals surface area contributed by atoms with E-state index in [9.17, 15) is 0 Å². The number of nitrogens with zero attached hydrogens (tertiary/aromatic N) is 3. The van der Waals surface area contributed by atoms with Crippen molar-refractivity contribution in [2.45, 2.75) is 19.8 Å². The van der Waals surface area contributed by atoms with Gasteiger partial charge in [0.25, 0.3) is 0 Å². The van der Waals surface area contributed by atoms with Crippen LogP contribution in [-0.4, -0.2) is 23.1 Å². The van der Waals surface area contributed by atoms with E-state index in [-0.39, 0.29) is 0 Å². The van der Waals surface area contributed by atoms with E-state index in [1.54, 1.807) is 0 Å². The topological polar surface area (TPSA) is 29.0 Å². The summed E-state index contributed by atoms with van der Waals surface area (Å²) < 4.78 is 7.70. The lowest BCUT2D eigenvalue weighted by Gasteiger charge is -2.15. The second-order valence-electron chi connectivity index (χ2n) is 4.31. The molecular formula is C13H15N3S. The molecule has 0 amide bonds. The molecular weight excluding hydrogens is 230 g/mol. The van der Waals surface area contributed by atoms with Crippen molar-refractivity contribution in [2.24, 2.45) is 0 Å². The monoisotopic (exact) mass is 246 g/mol. The first-order valence-corrected chi connectivity index (χ1v) is 6.71. The van der Waals surface area contributed by atoms with E-state index >= 15 is 0 Å². The van der Waals surface area contributed by atoms with Crippen LogP contribution >= 0.6 is 11.3 Å². The molecule has 3 rings (SSSR count). The summed E-state index contributed by atoms with van der Waals surface area (Å²) in [4.78, 5) is 11.2. The lowest BCUT2D eigenvalue weighted by atomic mass is 10.3. The molecule has 2 aromatic rings. The Morgan fingerprint density at radius 3 is 2.76 bits per heavy atom. The highest BCUT2D eigenvalue weighted by Crippen LogP contribution is 2.25. The number of anilines is 1. The summed E-state index contributed by atoms with van der Waals surface area (Å²) in [6.07, 6.45) is 4.39. The highest BCUT2D eigenvalue weighted by Gasteiger charge is 2.13. The third-order valence-corrected chi connectivity index (χ3v) is 3.91. The number of thiazole rings is 1. The average molecular weight is 246 g/mol. The van der Waals surface area contributed by atoms with E-state index in [0.717, 1.165) is 35.2 Å². The lowest BCUT2D eigenvalue weighted by Crippen LogP contribution is -2.18. The molecule has 0 spiro atoms. The molecule has 0 saturated carbocycles. The molecule has 1 saturated heterocycles. The van der Waals surface area contributed by atoms with Crippen LogP contribution in [0.25, 0.3) is 10.6 Å². The second-order valence-corrected chi connectivity index (χ2v) is 5.10. The van der Waals surface area contributed by atoms with E-state index in [1.165, 1.54) is 24.2 Å². The first-order valence-electron chi connectivity index (χ1n) is 6.39. The van der Waals surface area contributed by atoms with Crippen LogP contribution in [0.1, 0.15) is 19.9 Å². The summed E-state index contributed by atoms with van der Waals surface area (Å²) in [6, 6.07) is 4.11. The molecule has 3 heterocycles. The maximum absolute atomic E-state index is 7.70. The summed E-state index contributed by atoms with van der Waals surface area (Å²) >= 11 is 1.41. The molecule has 0 radical (unpaired) electrons. The van der Waals surface area contributed by atoms with Crippen LogP contribution in [-0.2, 0) is 0 Å². The first-order chi connectivity index (χ1) is 8.74. The van der Waals surface area contributed by atoms with Gasteiger partial charge in [-0.15, -0.1) is 11.3 Å². The van der Waals surface area contributed by atoms with Gasteiger partial charge in [-0.1, -0.05) is 0 Å². The molecule has 0 bridgehead atoms. The van der Waals surface area contributed by atoms with Gasteiger partial charge in [0.2, 0.25) is 0 Å². The molecule has 1 aliphatic rings. The zero-order chi connectivity index (χ0) is 12.5. The van der Waals surface area contributed by atoms with Crippen molar-refractivity contribution in [1.29, 1.82) is 0 Å². The van der Waals surface area contributed by atoms with Gasteiger partial charge in [-0.05, 0) is 31.9 Å². The minimum atomic E-state index is 0.536. The summed E-state index contributed by atoms with van der Waals surface area (Å²) in [5.41, 5.74) is 1.79. The molecule has 0 N–H and O–H groups in total. The maximum Gasteiger partial charge on any atom is 0.128 e. The Kier molecular flexibility index (Phi) is 2.51. The molecule has 3 nitrogen and oxygen atoms in total. The second kappa shape index (κ2) is 4.45. The lowest BCUT2D eigenvalue weighted by molar-refractivity contribution is 0.938. The van der Waals surface area contributed by atoms with Crippen molar-refractivity contribution in [3.8, 4) is 10.6 Å². The highest BCUT2D eigenvalue weighted by atomic mass is 32.1. The van der Waals surface area contributed by atoms with Gasteiger partial charge in [0, 0.05) is 35.9 Å². The Labute approximate surface area is 107 Å². The van der Waals surface area contributed by atoms with Crippen LogP contribution in [0, 0.1) is 6.92 Å². The summed E-state index contributed by atoms with van der Waals surface area (Å²) in [6.45, 7) is 4.09. The molecule has 0 unspecified atom stereocenters. The van der Waals surface area contributed by atoms with Gasteiger partial charge in [0.15, 0.2) is 0 Å². The number of aromatic nitrogens is 2. The fraction of sp³-hybridized carbons (Fsp3) is 0.385. The van der Waals surface area contributed by atoms with E-state index in [2.05, 4.69) is 27.0 Å². The zero-order valence-electron chi connectivity index (χ0n) is 10.8. The van der Waals surface area contributed by atoms with Crippen LogP contribution in [0.4, 0.5) is 5.82 Å². The van der Waals surface area contributed by atoms with Gasteiger partial charge >= 0.3 is 0 Å². The average Bonchev–Trinajstić information content (AvgIpc) is 3.01. The molecule has 0 atom stereocenters.